The molecular formula is C13H12Cl2N5O+. The van der Waals surface area contributed by atoms with Gasteiger partial charge in [-0.05, 0) is 6.08 Å². The Balaban J connectivity index is 1.72. The van der Waals surface area contributed by atoms with E-state index in [-0.39, 0.29) is 11.1 Å². The molecule has 108 valence electrons. The second kappa shape index (κ2) is 5.83. The number of nitrogens with zero attached hydrogens (tertiary/aromatic N) is 4. The molecule has 2 aromatic rings. The minimum absolute atomic E-state index is 0.261. The summed E-state index contributed by atoms with van der Waals surface area (Å²) in [5.74, 6) is -0.261. The van der Waals surface area contributed by atoms with Gasteiger partial charge in [-0.1, -0.05) is 16.7 Å². The Kier molecular flexibility index (Phi) is 3.90. The largest absolute Gasteiger partial charge is 0.346 e. The second-order valence-corrected chi connectivity index (χ2v) is 5.48. The highest BCUT2D eigenvalue weighted by molar-refractivity contribution is 6.31. The molecule has 3 heterocycles. The number of carbonyl (C=O) groups excluding carboxylic acids is 1. The van der Waals surface area contributed by atoms with E-state index in [4.69, 9.17) is 23.2 Å². The van der Waals surface area contributed by atoms with Crippen molar-refractivity contribution in [1.82, 2.24) is 25.1 Å². The number of aryl methyl sites for hydroxylation is 1. The molecule has 21 heavy (non-hydrogen) atoms. The summed E-state index contributed by atoms with van der Waals surface area (Å²) < 4.78 is 2.02. The van der Waals surface area contributed by atoms with Crippen molar-refractivity contribution >= 4 is 23.6 Å². The van der Waals surface area contributed by atoms with Crippen LogP contribution in [0, 0.1) is 11.6 Å². The minimum atomic E-state index is -0.261. The first-order valence-electron chi connectivity index (χ1n) is 6.31. The van der Waals surface area contributed by atoms with E-state index >= 15 is 0 Å². The van der Waals surface area contributed by atoms with E-state index in [2.05, 4.69) is 20.5 Å². The molecule has 6 nitrogen and oxygen atoms in total. The van der Waals surface area contributed by atoms with Gasteiger partial charge in [-0.2, -0.15) is 5.10 Å². The number of allylic oxidation sites excluding steroid dienone is 1. The van der Waals surface area contributed by atoms with Gasteiger partial charge in [0, 0.05) is 24.1 Å². The van der Waals surface area contributed by atoms with Gasteiger partial charge in [-0.3, -0.25) is 4.79 Å². The van der Waals surface area contributed by atoms with E-state index < -0.39 is 0 Å². The maximum Gasteiger partial charge on any atom is 0.337 e. The summed E-state index contributed by atoms with van der Waals surface area (Å²) in [6, 6.07) is 1.51. The van der Waals surface area contributed by atoms with Gasteiger partial charge in [0.05, 0.1) is 36.0 Å². The van der Waals surface area contributed by atoms with Gasteiger partial charge in [0.15, 0.2) is 11.6 Å². The molecule has 1 N–H and O–H groups in total. The molecule has 8 heteroatoms. The predicted molar refractivity (Wildman–Crippen MR) is 74.4 cm³/mol. The molecule has 0 radical (unpaired) electrons. The normalized spacial score (nSPS) is 13.5. The molecule has 0 saturated heterocycles. The maximum absolute atomic E-state index is 12.0. The van der Waals surface area contributed by atoms with E-state index in [0.717, 1.165) is 29.4 Å². The zero-order valence-corrected chi connectivity index (χ0v) is 12.5. The first-order valence-corrected chi connectivity index (χ1v) is 7.10. The van der Waals surface area contributed by atoms with Crippen LogP contribution >= 0.6 is 11.6 Å². The summed E-state index contributed by atoms with van der Waals surface area (Å²) in [6.45, 7) is 1.12. The van der Waals surface area contributed by atoms with Crippen molar-refractivity contribution in [2.24, 2.45) is 0 Å². The van der Waals surface area contributed by atoms with E-state index in [1.807, 2.05) is 10.6 Å². The Bertz CT molecular complexity index is 725. The number of hydrogen-bond donors (Lipinski definition) is 1. The molecule has 1 aliphatic heterocycles. The second-order valence-electron chi connectivity index (χ2n) is 4.58. The van der Waals surface area contributed by atoms with Gasteiger partial charge in [-0.25, -0.2) is 4.98 Å². The highest BCUT2D eigenvalue weighted by Gasteiger charge is 2.16. The number of aromatic nitrogens is 4. The molecule has 2 aromatic heterocycles. The van der Waals surface area contributed by atoms with Crippen molar-refractivity contribution in [2.45, 2.75) is 19.5 Å². The van der Waals surface area contributed by atoms with E-state index in [1.165, 1.54) is 12.3 Å². The Morgan fingerprint density at radius 1 is 1.52 bits per heavy atom. The molecule has 0 unspecified atom stereocenters. The average Bonchev–Trinajstić information content (AvgIpc) is 2.87. The highest BCUT2D eigenvalue weighted by atomic mass is 35.5. The fraction of sp³-hybridized carbons (Fsp3) is 0.231. The summed E-state index contributed by atoms with van der Waals surface area (Å²) in [4.78, 5) is 16.3. The topological polar surface area (TPSA) is 72.7 Å². The number of hydrogen-bond acceptors (Lipinski definition) is 4. The number of nitrogens with one attached hydrogen (secondary N) is 1. The molecule has 0 bridgehead atoms. The fourth-order valence-corrected chi connectivity index (χ4v) is 2.46. The van der Waals surface area contributed by atoms with Crippen LogP contribution in [0.4, 0.5) is 0 Å². The summed E-state index contributed by atoms with van der Waals surface area (Å²) in [6.07, 6.45) is 5.83. The van der Waals surface area contributed by atoms with Gasteiger partial charge in [0.25, 0.3) is 5.91 Å². The number of halogens is 2. The van der Waals surface area contributed by atoms with Crippen LogP contribution < -0.4 is 5.32 Å². The molecule has 0 atom stereocenters. The lowest BCUT2D eigenvalue weighted by molar-refractivity contribution is -0.297. The van der Waals surface area contributed by atoms with Crippen molar-refractivity contribution in [3.8, 4) is 0 Å². The van der Waals surface area contributed by atoms with Crippen LogP contribution in [0.3, 0.4) is 0 Å². The summed E-state index contributed by atoms with van der Waals surface area (Å²) in [5, 5.41) is 11.2. The molecule has 0 aromatic carbocycles. The number of imidazole rings is 1. The lowest BCUT2D eigenvalue weighted by Gasteiger charge is -2.12. The summed E-state index contributed by atoms with van der Waals surface area (Å²) >= 11 is 10.9. The lowest BCUT2D eigenvalue weighted by Crippen LogP contribution is -2.24. The standard InChI is InChI=1S/C13H11Cl2N5O/c14-9-1-2-20-7-17-10(11(20)4-9)6-16-13(21)8-3-12(15)19-18-5-8/h3-5,7,15H,1-2,6H2/p+1. The van der Waals surface area contributed by atoms with Crippen LogP contribution in [0.25, 0.3) is 6.08 Å². The molecule has 0 spiro atoms. The van der Waals surface area contributed by atoms with Gasteiger partial charge < -0.3 is 9.88 Å². The van der Waals surface area contributed by atoms with Gasteiger partial charge in [0.1, 0.15) is 0 Å². The fourth-order valence-electron chi connectivity index (χ4n) is 2.10. The number of fused-ring (bicyclic) bond motifs is 1. The molecule has 1 aliphatic rings. The van der Waals surface area contributed by atoms with Crippen LogP contribution in [-0.4, -0.2) is 25.7 Å². The first kappa shape index (κ1) is 14.0. The van der Waals surface area contributed by atoms with Gasteiger partial charge >= 0.3 is 5.15 Å². The van der Waals surface area contributed by atoms with Crippen LogP contribution in [0.1, 0.15) is 28.2 Å². The summed E-state index contributed by atoms with van der Waals surface area (Å²) in [5.41, 5.74) is 2.10. The van der Waals surface area contributed by atoms with E-state index in [0.29, 0.717) is 12.1 Å². The zero-order chi connectivity index (χ0) is 14.8. The quantitative estimate of drug-likeness (QED) is 0.923. The molecular weight excluding hydrogens is 313 g/mol. The van der Waals surface area contributed by atoms with Crippen molar-refractivity contribution in [1.29, 1.82) is 0 Å². The molecule has 0 fully saturated rings. The highest BCUT2D eigenvalue weighted by Crippen LogP contribution is 2.23. The van der Waals surface area contributed by atoms with Crippen LogP contribution in [0.15, 0.2) is 23.6 Å². The Morgan fingerprint density at radius 2 is 2.38 bits per heavy atom. The van der Waals surface area contributed by atoms with E-state index in [1.54, 1.807) is 6.33 Å². The number of amides is 1. The zero-order valence-electron chi connectivity index (χ0n) is 10.9. The van der Waals surface area contributed by atoms with Crippen molar-refractivity contribution in [2.75, 3.05) is 0 Å². The Labute approximate surface area is 130 Å². The average molecular weight is 325 g/mol. The molecule has 0 aliphatic carbocycles. The predicted octanol–water partition coefficient (Wildman–Crippen LogP) is 1.28. The first-order chi connectivity index (χ1) is 10.1. The third-order valence-electron chi connectivity index (χ3n) is 3.15. The maximum atomic E-state index is 12.0. The van der Waals surface area contributed by atoms with Crippen LogP contribution in [-0.2, 0) is 13.1 Å². The SMILES string of the molecule is O=C(NCc1ncn2c1C=C(Cl)CC2)c1cnnc([ClH+])c1. The monoisotopic (exact) mass is 324 g/mol. The third-order valence-corrected chi connectivity index (χ3v) is 3.65. The van der Waals surface area contributed by atoms with Crippen molar-refractivity contribution in [3.05, 3.63) is 45.7 Å². The smallest absolute Gasteiger partial charge is 0.337 e. The molecule has 3 rings (SSSR count). The van der Waals surface area contributed by atoms with Crippen molar-refractivity contribution in [3.63, 3.8) is 0 Å². The summed E-state index contributed by atoms with van der Waals surface area (Å²) in [7, 11) is 0. The van der Waals surface area contributed by atoms with Gasteiger partial charge in [0.2, 0.25) is 0 Å². The molecule has 0 saturated carbocycles. The third kappa shape index (κ3) is 3.06. The Morgan fingerprint density at radius 3 is 3.19 bits per heavy atom. The molecule has 1 amide bonds. The van der Waals surface area contributed by atoms with Crippen LogP contribution in [0.5, 0.6) is 0 Å². The number of rotatable bonds is 3. The minimum Gasteiger partial charge on any atom is -0.346 e. The van der Waals surface area contributed by atoms with Gasteiger partial charge in [-0.15, -0.1) is 0 Å². The van der Waals surface area contributed by atoms with Crippen LogP contribution in [0.2, 0.25) is 5.15 Å². The lowest BCUT2D eigenvalue weighted by atomic mass is 10.2. The van der Waals surface area contributed by atoms with Crippen molar-refractivity contribution < 1.29 is 16.4 Å². The Hall–Kier alpha value is -1.92. The van der Waals surface area contributed by atoms with E-state index in [9.17, 15) is 4.79 Å². The number of carbonyl (C=O) groups is 1.